The largest absolute Gasteiger partial charge is 0.497 e. The van der Waals surface area contributed by atoms with Gasteiger partial charge in [0.1, 0.15) is 18.1 Å². The molecule has 1 saturated heterocycles. The summed E-state index contributed by atoms with van der Waals surface area (Å²) in [5.74, 6) is 0.815. The number of amides is 2. The van der Waals surface area contributed by atoms with E-state index >= 15 is 0 Å². The summed E-state index contributed by atoms with van der Waals surface area (Å²) in [6.07, 6.45) is 0.872. The lowest BCUT2D eigenvalue weighted by molar-refractivity contribution is -0.132. The summed E-state index contributed by atoms with van der Waals surface area (Å²) in [4.78, 5) is 31.7. The first-order chi connectivity index (χ1) is 18.4. The lowest BCUT2D eigenvalue weighted by atomic mass is 10.1. The third-order valence-corrected chi connectivity index (χ3v) is 6.89. The number of hydrogen-bond acceptors (Lipinski definition) is 6. The number of rotatable bonds is 9. The highest BCUT2D eigenvalue weighted by molar-refractivity contribution is 5.96. The third kappa shape index (κ3) is 6.65. The van der Waals surface area contributed by atoms with Gasteiger partial charge >= 0.3 is 0 Å². The van der Waals surface area contributed by atoms with Gasteiger partial charge in [0, 0.05) is 43.9 Å². The maximum atomic E-state index is 13.7. The minimum absolute atomic E-state index is 0.0330. The summed E-state index contributed by atoms with van der Waals surface area (Å²) >= 11 is 0. The molecule has 1 aliphatic rings. The van der Waals surface area contributed by atoms with Gasteiger partial charge in [0.05, 0.1) is 12.8 Å². The molecule has 0 N–H and O–H groups in total. The lowest BCUT2D eigenvalue weighted by Crippen LogP contribution is -2.52. The third-order valence-electron chi connectivity index (χ3n) is 6.89. The molecule has 0 saturated carbocycles. The van der Waals surface area contributed by atoms with Crippen molar-refractivity contribution in [2.45, 2.75) is 20.3 Å². The van der Waals surface area contributed by atoms with E-state index in [1.54, 1.807) is 23.0 Å². The van der Waals surface area contributed by atoms with Gasteiger partial charge < -0.3 is 19.4 Å². The van der Waals surface area contributed by atoms with Crippen molar-refractivity contribution in [1.82, 2.24) is 20.0 Å². The number of ether oxygens (including phenoxy) is 1. The molecule has 200 valence electrons. The quantitative estimate of drug-likeness (QED) is 0.423. The lowest BCUT2D eigenvalue weighted by Gasteiger charge is -2.36. The summed E-state index contributed by atoms with van der Waals surface area (Å²) in [6.45, 7) is 6.75. The number of hydrogen-bond donors (Lipinski definition) is 0. The molecule has 1 atom stereocenters. The summed E-state index contributed by atoms with van der Waals surface area (Å²) < 4.78 is 19.0. The molecule has 4 rings (SSSR count). The molecule has 2 heterocycles. The van der Waals surface area contributed by atoms with Crippen LogP contribution in [0.4, 0.5) is 10.2 Å². The molecule has 3 aromatic rings. The van der Waals surface area contributed by atoms with Crippen LogP contribution in [0.1, 0.15) is 30.6 Å². The van der Waals surface area contributed by atoms with Crippen molar-refractivity contribution in [3.63, 3.8) is 0 Å². The number of carbonyl (C=O) groups is 2. The van der Waals surface area contributed by atoms with Crippen LogP contribution in [-0.4, -0.2) is 78.2 Å². The zero-order valence-corrected chi connectivity index (χ0v) is 22.1. The predicted octanol–water partition coefficient (Wildman–Crippen LogP) is 4.13. The summed E-state index contributed by atoms with van der Waals surface area (Å²) in [6, 6.07) is 17.1. The number of piperazine rings is 1. The van der Waals surface area contributed by atoms with E-state index in [1.807, 2.05) is 50.2 Å². The first-order valence-electron chi connectivity index (χ1n) is 12.9. The Labute approximate surface area is 223 Å². The summed E-state index contributed by atoms with van der Waals surface area (Å²) in [5, 5.41) is 8.79. The number of anilines is 1. The number of halogens is 1. The summed E-state index contributed by atoms with van der Waals surface area (Å²) in [5.41, 5.74) is 1.93. The Kier molecular flexibility index (Phi) is 8.89. The Morgan fingerprint density at radius 1 is 1.03 bits per heavy atom. The molecular formula is C29H34FN5O3. The van der Waals surface area contributed by atoms with E-state index < -0.39 is 5.82 Å². The highest BCUT2D eigenvalue weighted by atomic mass is 19.1. The number of aromatic nitrogens is 2. The Morgan fingerprint density at radius 3 is 2.45 bits per heavy atom. The number of benzene rings is 2. The van der Waals surface area contributed by atoms with Gasteiger partial charge in [0.2, 0.25) is 5.91 Å². The fourth-order valence-corrected chi connectivity index (χ4v) is 4.41. The van der Waals surface area contributed by atoms with Gasteiger partial charge in [-0.1, -0.05) is 38.5 Å². The van der Waals surface area contributed by atoms with Gasteiger partial charge in [-0.2, -0.15) is 0 Å². The highest BCUT2D eigenvalue weighted by Gasteiger charge is 2.27. The van der Waals surface area contributed by atoms with Gasteiger partial charge in [-0.3, -0.25) is 9.59 Å². The van der Waals surface area contributed by atoms with E-state index in [1.165, 1.54) is 18.2 Å². The molecule has 1 fully saturated rings. The van der Waals surface area contributed by atoms with Crippen LogP contribution >= 0.6 is 0 Å². The van der Waals surface area contributed by atoms with E-state index in [-0.39, 0.29) is 29.8 Å². The van der Waals surface area contributed by atoms with Crippen LogP contribution < -0.4 is 9.64 Å². The molecule has 1 aliphatic heterocycles. The van der Waals surface area contributed by atoms with Gasteiger partial charge in [-0.15, -0.1) is 10.2 Å². The van der Waals surface area contributed by atoms with E-state index in [9.17, 15) is 14.0 Å². The van der Waals surface area contributed by atoms with Crippen molar-refractivity contribution in [2.24, 2.45) is 5.92 Å². The van der Waals surface area contributed by atoms with Gasteiger partial charge in [0.25, 0.3) is 5.91 Å². The van der Waals surface area contributed by atoms with Crippen molar-refractivity contribution in [3.05, 3.63) is 72.0 Å². The Morgan fingerprint density at radius 2 is 1.79 bits per heavy atom. The van der Waals surface area contributed by atoms with Crippen molar-refractivity contribution < 1.29 is 18.7 Å². The van der Waals surface area contributed by atoms with Crippen LogP contribution in [-0.2, 0) is 4.79 Å². The molecular weight excluding hydrogens is 485 g/mol. The molecule has 9 heteroatoms. The standard InChI is InChI=1S/C29H34FN5O3/c1-4-21(2)19-35(29(37)23-8-5-9-24(30)17-23)20-28(36)34-15-13-33(14-16-34)27-12-11-26(31-32-27)22-7-6-10-25(18-22)38-3/h5-12,17-18,21H,4,13-16,19-20H2,1-3H3/t21-/m0/s1. The van der Waals surface area contributed by atoms with E-state index in [0.717, 1.165) is 29.2 Å². The van der Waals surface area contributed by atoms with Crippen LogP contribution in [0.15, 0.2) is 60.7 Å². The molecule has 38 heavy (non-hydrogen) atoms. The van der Waals surface area contributed by atoms with Crippen LogP contribution in [0.3, 0.4) is 0 Å². The zero-order chi connectivity index (χ0) is 27.1. The molecule has 0 spiro atoms. The van der Waals surface area contributed by atoms with Gasteiger partial charge in [-0.25, -0.2) is 4.39 Å². The van der Waals surface area contributed by atoms with Crippen molar-refractivity contribution in [1.29, 1.82) is 0 Å². The minimum Gasteiger partial charge on any atom is -0.497 e. The molecule has 0 bridgehead atoms. The average Bonchev–Trinajstić information content (AvgIpc) is 2.96. The molecule has 1 aromatic heterocycles. The Balaban J connectivity index is 1.36. The van der Waals surface area contributed by atoms with Crippen LogP contribution in [0.25, 0.3) is 11.3 Å². The molecule has 2 amide bonds. The monoisotopic (exact) mass is 519 g/mol. The molecule has 0 unspecified atom stereocenters. The Hall–Kier alpha value is -4.01. The fourth-order valence-electron chi connectivity index (χ4n) is 4.41. The molecule has 0 aliphatic carbocycles. The van der Waals surface area contributed by atoms with Crippen molar-refractivity contribution >= 4 is 17.6 Å². The van der Waals surface area contributed by atoms with E-state index in [0.29, 0.717) is 32.7 Å². The second kappa shape index (κ2) is 12.5. The summed E-state index contributed by atoms with van der Waals surface area (Å²) in [7, 11) is 1.63. The molecule has 0 radical (unpaired) electrons. The first kappa shape index (κ1) is 27.0. The van der Waals surface area contributed by atoms with Crippen LogP contribution in [0.5, 0.6) is 5.75 Å². The SMILES string of the molecule is CC[C@H](C)CN(CC(=O)N1CCN(c2ccc(-c3cccc(OC)c3)nn2)CC1)C(=O)c1cccc(F)c1. The second-order valence-electron chi connectivity index (χ2n) is 9.59. The minimum atomic E-state index is -0.471. The van der Waals surface area contributed by atoms with Gasteiger partial charge in [-0.05, 0) is 48.4 Å². The predicted molar refractivity (Wildman–Crippen MR) is 145 cm³/mol. The van der Waals surface area contributed by atoms with E-state index in [2.05, 4.69) is 15.1 Å². The zero-order valence-electron chi connectivity index (χ0n) is 22.1. The maximum Gasteiger partial charge on any atom is 0.254 e. The highest BCUT2D eigenvalue weighted by Crippen LogP contribution is 2.23. The molecule has 8 nitrogen and oxygen atoms in total. The number of nitrogens with zero attached hydrogens (tertiary/aromatic N) is 5. The van der Waals surface area contributed by atoms with Crippen LogP contribution in [0.2, 0.25) is 0 Å². The van der Waals surface area contributed by atoms with Gasteiger partial charge in [0.15, 0.2) is 5.82 Å². The number of methoxy groups -OCH3 is 1. The van der Waals surface area contributed by atoms with Crippen LogP contribution in [0, 0.1) is 11.7 Å². The average molecular weight is 520 g/mol. The van der Waals surface area contributed by atoms with Crippen molar-refractivity contribution in [3.8, 4) is 17.0 Å². The number of carbonyl (C=O) groups excluding carboxylic acids is 2. The normalized spacial score (nSPS) is 14.2. The van der Waals surface area contributed by atoms with Crippen molar-refractivity contribution in [2.75, 3.05) is 51.3 Å². The molecule has 2 aromatic carbocycles. The topological polar surface area (TPSA) is 78.9 Å². The maximum absolute atomic E-state index is 13.7. The smallest absolute Gasteiger partial charge is 0.254 e. The second-order valence-corrected chi connectivity index (χ2v) is 9.59. The Bertz CT molecular complexity index is 1240. The first-order valence-corrected chi connectivity index (χ1v) is 12.9. The van der Waals surface area contributed by atoms with E-state index in [4.69, 9.17) is 4.74 Å². The fraction of sp³-hybridized carbons (Fsp3) is 0.379.